The molecule has 0 fully saturated rings. The third-order valence-corrected chi connectivity index (χ3v) is 7.94. The van der Waals surface area contributed by atoms with Crippen molar-refractivity contribution in [2.45, 2.75) is 17.7 Å². The van der Waals surface area contributed by atoms with Crippen molar-refractivity contribution >= 4 is 54.2 Å². The van der Waals surface area contributed by atoms with Crippen LogP contribution >= 0.6 is 22.9 Å². The summed E-state index contributed by atoms with van der Waals surface area (Å²) >= 11 is 7.40. The number of aromatic nitrogens is 1. The van der Waals surface area contributed by atoms with Crippen LogP contribution in [-0.4, -0.2) is 43.8 Å². The Bertz CT molecular complexity index is 1340. The molecule has 0 aliphatic rings. The van der Waals surface area contributed by atoms with Gasteiger partial charge >= 0.3 is 0 Å². The Labute approximate surface area is 199 Å². The Morgan fingerprint density at radius 3 is 2.36 bits per heavy atom. The van der Waals surface area contributed by atoms with E-state index < -0.39 is 15.9 Å². The highest BCUT2D eigenvalue weighted by Crippen LogP contribution is 2.37. The van der Waals surface area contributed by atoms with Gasteiger partial charge in [0.05, 0.1) is 33.9 Å². The van der Waals surface area contributed by atoms with Crippen LogP contribution in [0.15, 0.2) is 41.3 Å². The molecule has 0 radical (unpaired) electrons. The molecule has 0 aliphatic heterocycles. The second-order valence-electron chi connectivity index (χ2n) is 6.65. The van der Waals surface area contributed by atoms with Crippen molar-refractivity contribution in [3.8, 4) is 17.9 Å². The van der Waals surface area contributed by atoms with E-state index in [0.717, 1.165) is 4.31 Å². The number of thiazole rings is 1. The van der Waals surface area contributed by atoms with Gasteiger partial charge in [-0.05, 0) is 36.4 Å². The lowest BCUT2D eigenvalue weighted by atomic mass is 10.2. The number of carbonyl (C=O) groups excluding carboxylic acids is 1. The number of amides is 1. The average Bonchev–Trinajstić information content (AvgIpc) is 3.24. The topological polar surface area (TPSA) is 136 Å². The zero-order chi connectivity index (χ0) is 24.0. The molecule has 0 unspecified atom stereocenters. The lowest BCUT2D eigenvalue weighted by molar-refractivity contribution is 0.102. The van der Waals surface area contributed by atoms with Crippen molar-refractivity contribution in [3.05, 3.63) is 47.0 Å². The molecule has 0 aliphatic carbocycles. The second kappa shape index (κ2) is 10.6. The zero-order valence-corrected chi connectivity index (χ0v) is 19.8. The van der Waals surface area contributed by atoms with E-state index in [0.29, 0.717) is 26.1 Å². The van der Waals surface area contributed by atoms with Crippen molar-refractivity contribution in [2.24, 2.45) is 0 Å². The molecule has 3 aromatic rings. The highest BCUT2D eigenvalue weighted by Gasteiger charge is 2.24. The Morgan fingerprint density at radius 2 is 1.79 bits per heavy atom. The molecule has 3 rings (SSSR count). The van der Waals surface area contributed by atoms with Crippen molar-refractivity contribution in [2.75, 3.05) is 25.5 Å². The number of nitrogens with zero attached hydrogens (tertiary/aromatic N) is 4. The molecule has 170 valence electrons. The predicted molar refractivity (Wildman–Crippen MR) is 125 cm³/mol. The van der Waals surface area contributed by atoms with Crippen LogP contribution in [0.3, 0.4) is 0 Å². The summed E-state index contributed by atoms with van der Waals surface area (Å²) in [6.45, 7) is -0.0429. The van der Waals surface area contributed by atoms with Crippen LogP contribution in [0.25, 0.3) is 10.2 Å². The van der Waals surface area contributed by atoms with Crippen LogP contribution in [0, 0.1) is 22.7 Å². The van der Waals surface area contributed by atoms with Crippen molar-refractivity contribution < 1.29 is 17.9 Å². The number of hydrogen-bond acceptors (Lipinski definition) is 8. The average molecular weight is 504 g/mol. The number of halogens is 1. The fourth-order valence-electron chi connectivity index (χ4n) is 2.97. The van der Waals surface area contributed by atoms with Gasteiger partial charge in [-0.15, -0.1) is 0 Å². The number of nitriles is 2. The third-order valence-electron chi connectivity index (χ3n) is 4.60. The molecule has 1 aromatic heterocycles. The van der Waals surface area contributed by atoms with Crippen LogP contribution in [0.5, 0.6) is 5.75 Å². The molecule has 33 heavy (non-hydrogen) atoms. The maximum absolute atomic E-state index is 12.9. The number of hydrogen-bond donors (Lipinski definition) is 1. The molecule has 0 bridgehead atoms. The summed E-state index contributed by atoms with van der Waals surface area (Å²) in [5.41, 5.74) is 0.758. The first-order valence-corrected chi connectivity index (χ1v) is 12.2. The van der Waals surface area contributed by atoms with E-state index >= 15 is 0 Å². The molecule has 0 saturated carbocycles. The van der Waals surface area contributed by atoms with Gasteiger partial charge in [0.1, 0.15) is 11.3 Å². The number of anilines is 1. The minimum Gasteiger partial charge on any atom is -0.494 e. The first-order valence-electron chi connectivity index (χ1n) is 9.60. The largest absolute Gasteiger partial charge is 0.494 e. The molecule has 0 spiro atoms. The number of rotatable bonds is 9. The number of sulfonamides is 1. The molecule has 1 amide bonds. The summed E-state index contributed by atoms with van der Waals surface area (Å²) in [6.07, 6.45) is 0.00420. The molecule has 1 heterocycles. The van der Waals surface area contributed by atoms with Crippen LogP contribution < -0.4 is 10.1 Å². The number of methoxy groups -OCH3 is 1. The summed E-state index contributed by atoms with van der Waals surface area (Å²) < 4.78 is 32.8. The zero-order valence-electron chi connectivity index (χ0n) is 17.4. The number of ether oxygens (including phenoxy) is 1. The van der Waals surface area contributed by atoms with Crippen LogP contribution in [0.1, 0.15) is 23.2 Å². The van der Waals surface area contributed by atoms with Gasteiger partial charge in [0.25, 0.3) is 5.91 Å². The SMILES string of the molecule is COc1ccc(Cl)c2sc(NC(=O)c3ccc(S(=O)(=O)N(CCC#N)CCC#N)cc3)nc12. The lowest BCUT2D eigenvalue weighted by Crippen LogP contribution is -2.32. The predicted octanol–water partition coefficient (Wildman–Crippen LogP) is 4.03. The van der Waals surface area contributed by atoms with Crippen LogP contribution in [0.4, 0.5) is 5.13 Å². The number of nitrogens with one attached hydrogen (secondary N) is 1. The monoisotopic (exact) mass is 503 g/mol. The number of carbonyl (C=O) groups is 1. The van der Waals surface area contributed by atoms with Gasteiger partial charge in [0.15, 0.2) is 5.13 Å². The van der Waals surface area contributed by atoms with Gasteiger partial charge in [0.2, 0.25) is 10.0 Å². The van der Waals surface area contributed by atoms with Gasteiger partial charge in [0, 0.05) is 31.5 Å². The van der Waals surface area contributed by atoms with E-state index in [4.69, 9.17) is 26.9 Å². The van der Waals surface area contributed by atoms with E-state index in [1.165, 1.54) is 42.7 Å². The second-order valence-corrected chi connectivity index (χ2v) is 9.99. The highest BCUT2D eigenvalue weighted by atomic mass is 35.5. The summed E-state index contributed by atoms with van der Waals surface area (Å²) in [5.74, 6) is 0.0527. The maximum Gasteiger partial charge on any atom is 0.257 e. The quantitative estimate of drug-likeness (QED) is 0.465. The molecular formula is C21H18ClN5O4S2. The first kappa shape index (κ1) is 24.4. The number of benzene rings is 2. The molecule has 0 saturated heterocycles. The Hall–Kier alpha value is -3.22. The molecular weight excluding hydrogens is 486 g/mol. The number of fused-ring (bicyclic) bond motifs is 1. The highest BCUT2D eigenvalue weighted by molar-refractivity contribution is 7.89. The fourth-order valence-corrected chi connectivity index (χ4v) is 5.56. The molecule has 9 nitrogen and oxygen atoms in total. The Morgan fingerprint density at radius 1 is 1.15 bits per heavy atom. The van der Waals surface area contributed by atoms with Gasteiger partial charge in [-0.25, -0.2) is 13.4 Å². The van der Waals surface area contributed by atoms with Crippen molar-refractivity contribution in [1.29, 1.82) is 10.5 Å². The van der Waals surface area contributed by atoms with E-state index in [-0.39, 0.29) is 36.4 Å². The van der Waals surface area contributed by atoms with E-state index in [1.54, 1.807) is 12.1 Å². The molecule has 0 atom stereocenters. The van der Waals surface area contributed by atoms with E-state index in [9.17, 15) is 13.2 Å². The maximum atomic E-state index is 12.9. The smallest absolute Gasteiger partial charge is 0.257 e. The fraction of sp³-hybridized carbons (Fsp3) is 0.238. The summed E-state index contributed by atoms with van der Waals surface area (Å²) in [7, 11) is -2.40. The Balaban J connectivity index is 1.80. The normalized spacial score (nSPS) is 11.2. The minimum absolute atomic E-state index is 0.00210. The van der Waals surface area contributed by atoms with Crippen molar-refractivity contribution in [1.82, 2.24) is 9.29 Å². The first-order chi connectivity index (χ1) is 15.8. The molecule has 12 heteroatoms. The standard InChI is InChI=1S/C21H18ClN5O4S2/c1-31-17-9-8-16(22)19-18(17)25-21(32-19)26-20(28)14-4-6-15(7-5-14)33(29,30)27(12-2-10-23)13-3-11-24/h4-9H,2-3,12-13H2,1H3,(H,25,26,28). The van der Waals surface area contributed by atoms with E-state index in [2.05, 4.69) is 10.3 Å². The van der Waals surface area contributed by atoms with E-state index in [1.807, 2.05) is 12.1 Å². The molecule has 1 N–H and O–H groups in total. The summed E-state index contributed by atoms with van der Waals surface area (Å²) in [4.78, 5) is 17.0. The summed E-state index contributed by atoms with van der Waals surface area (Å²) in [5, 5.41) is 21.1. The van der Waals surface area contributed by atoms with Gasteiger partial charge in [-0.2, -0.15) is 14.8 Å². The minimum atomic E-state index is -3.92. The van der Waals surface area contributed by atoms with Crippen LogP contribution in [0.2, 0.25) is 5.02 Å². The van der Waals surface area contributed by atoms with Gasteiger partial charge < -0.3 is 4.74 Å². The lowest BCUT2D eigenvalue weighted by Gasteiger charge is -2.20. The van der Waals surface area contributed by atoms with Crippen LogP contribution in [-0.2, 0) is 10.0 Å². The van der Waals surface area contributed by atoms with Gasteiger partial charge in [-0.3, -0.25) is 10.1 Å². The van der Waals surface area contributed by atoms with Gasteiger partial charge in [-0.1, -0.05) is 22.9 Å². The molecule has 2 aromatic carbocycles. The summed E-state index contributed by atoms with van der Waals surface area (Å²) in [6, 6.07) is 12.6. The Kier molecular flexibility index (Phi) is 7.84. The van der Waals surface area contributed by atoms with Crippen molar-refractivity contribution in [3.63, 3.8) is 0 Å². The third kappa shape index (κ3) is 5.41.